The van der Waals surface area contributed by atoms with Crippen molar-refractivity contribution in [3.8, 4) is 0 Å². The quantitative estimate of drug-likeness (QED) is 0.0177. The number of aliphatic hydroxyl groups is 1. The SMILES string of the molecule is C.C.CCC(Br)C(=O)OC.CCC(C(=O)OC)N(c1ccc(F)cc1)c1nc(Cl)ncc1[N+](=O)[O-].CCC(Nc1ccc(F)cc1)C(=O)CO.Nc1ccc(F)cc1.O=[N+]([O-])c1cnc(Cl)nc1Cl. The maximum Gasteiger partial charge on any atom is 0.330 e. The van der Waals surface area contributed by atoms with Crippen LogP contribution in [-0.2, 0) is 23.9 Å². The summed E-state index contributed by atoms with van der Waals surface area (Å²) in [6.45, 7) is 4.98. The monoisotopic (exact) mass is 1100 g/mol. The Hall–Kier alpha value is -6.27. The molecule has 0 aliphatic heterocycles. The Kier molecular flexibility index (Phi) is 32.0. The molecule has 3 atom stereocenters. The van der Waals surface area contributed by atoms with Gasteiger partial charge in [0.2, 0.25) is 21.5 Å². The molecule has 0 radical (unpaired) electrons. The van der Waals surface area contributed by atoms with Gasteiger partial charge in [0.25, 0.3) is 0 Å². The number of ether oxygens (including phenoxy) is 2. The van der Waals surface area contributed by atoms with E-state index in [9.17, 15) is 47.8 Å². The average molecular weight is 1100 g/mol. The summed E-state index contributed by atoms with van der Waals surface area (Å²) < 4.78 is 47.1. The molecule has 378 valence electrons. The fourth-order valence-corrected chi connectivity index (χ4v) is 5.47. The highest BCUT2D eigenvalue weighted by atomic mass is 79.9. The zero-order valence-electron chi connectivity index (χ0n) is 36.1. The van der Waals surface area contributed by atoms with Crippen LogP contribution in [0.25, 0.3) is 0 Å². The second kappa shape index (κ2) is 34.1. The lowest BCUT2D eigenvalue weighted by Gasteiger charge is -2.29. The molecule has 19 nitrogen and oxygen atoms in total. The molecule has 0 aliphatic carbocycles. The molecule has 69 heavy (non-hydrogen) atoms. The molecule has 0 saturated heterocycles. The highest BCUT2D eigenvalue weighted by Gasteiger charge is 2.33. The van der Waals surface area contributed by atoms with Gasteiger partial charge in [-0.3, -0.25) is 29.8 Å². The van der Waals surface area contributed by atoms with Crippen molar-refractivity contribution in [2.45, 2.75) is 71.8 Å². The summed E-state index contributed by atoms with van der Waals surface area (Å²) >= 11 is 19.6. The average Bonchev–Trinajstić information content (AvgIpc) is 3.31. The summed E-state index contributed by atoms with van der Waals surface area (Å²) in [4.78, 5) is 69.4. The second-order valence-electron chi connectivity index (χ2n) is 12.7. The zero-order valence-corrected chi connectivity index (χ0v) is 40.0. The van der Waals surface area contributed by atoms with Gasteiger partial charge in [-0.05, 0) is 115 Å². The van der Waals surface area contributed by atoms with Crippen LogP contribution in [0.1, 0.15) is 54.9 Å². The molecule has 0 amide bonds. The first kappa shape index (κ1) is 64.8. The van der Waals surface area contributed by atoms with E-state index in [1.165, 1.54) is 79.8 Å². The van der Waals surface area contributed by atoms with Crippen molar-refractivity contribution in [2.24, 2.45) is 0 Å². The third-order valence-corrected chi connectivity index (χ3v) is 9.80. The fraction of sp³-hybridized carbons (Fsp3) is 0.326. The summed E-state index contributed by atoms with van der Waals surface area (Å²) in [5.74, 6) is -2.34. The number of rotatable bonds is 14. The number of methoxy groups -OCH3 is 2. The van der Waals surface area contributed by atoms with E-state index >= 15 is 0 Å². The van der Waals surface area contributed by atoms with Crippen LogP contribution in [0.5, 0.6) is 0 Å². The number of Topliss-reactive ketones (excluding diaryl/α,β-unsaturated/α-hetero) is 1. The number of ketones is 1. The van der Waals surface area contributed by atoms with Gasteiger partial charge in [-0.2, -0.15) is 9.97 Å². The minimum atomic E-state index is -0.930. The number of anilines is 4. The summed E-state index contributed by atoms with van der Waals surface area (Å²) in [5, 5.41) is 32.5. The predicted molar refractivity (Wildman–Crippen MR) is 263 cm³/mol. The molecule has 0 aliphatic rings. The Bertz CT molecular complexity index is 2350. The maximum absolute atomic E-state index is 13.3. The lowest BCUT2D eigenvalue weighted by molar-refractivity contribution is -0.385. The minimum absolute atomic E-state index is 0. The van der Waals surface area contributed by atoms with Gasteiger partial charge in [0.15, 0.2) is 5.78 Å². The maximum atomic E-state index is 13.3. The lowest BCUT2D eigenvalue weighted by atomic mass is 10.1. The van der Waals surface area contributed by atoms with E-state index in [0.717, 1.165) is 18.8 Å². The Balaban J connectivity index is 0. The highest BCUT2D eigenvalue weighted by Crippen LogP contribution is 2.35. The van der Waals surface area contributed by atoms with E-state index in [1.807, 2.05) is 13.8 Å². The van der Waals surface area contributed by atoms with Crippen molar-refractivity contribution in [1.29, 1.82) is 0 Å². The van der Waals surface area contributed by atoms with Crippen molar-refractivity contribution in [2.75, 3.05) is 36.8 Å². The van der Waals surface area contributed by atoms with Crippen LogP contribution < -0.4 is 16.0 Å². The number of aliphatic hydroxyl groups excluding tert-OH is 1. The van der Waals surface area contributed by atoms with E-state index in [0.29, 0.717) is 23.5 Å². The standard InChI is InChI=1S/C15H14ClFN4O4.C11H14FNO2.C6H6FN.C5H9BrO2.C4HCl2N3O2.2CH4/c1-3-11(14(22)25-2)20(10-6-4-9(17)5-7-10)13-12(21(23)24)8-18-15(16)19-13;1-2-10(11(15)7-14)13-9-5-3-8(12)4-6-9;7-5-1-3-6(8)4-2-5;1-3-4(6)5(7)8-2;5-3-2(9(10)11)1-7-4(6)8-3;;/h4-8,11H,3H2,1-2H3;3-6,10,13-14H,2,7H2,1H3;1-4H,8H2;4H,3H2,1-2H3;1H;2*1H4. The number of nitrogen functional groups attached to an aromatic ring is 1. The van der Waals surface area contributed by atoms with Crippen LogP contribution in [0.15, 0.2) is 85.2 Å². The van der Waals surface area contributed by atoms with Crippen LogP contribution in [0.3, 0.4) is 0 Å². The normalized spacial score (nSPS) is 11.0. The number of nitrogens with one attached hydrogen (secondary N) is 1. The number of halogens is 7. The molecule has 5 aromatic rings. The number of hydrogen-bond donors (Lipinski definition) is 3. The molecular weight excluding hydrogens is 1050 g/mol. The molecule has 0 bridgehead atoms. The van der Waals surface area contributed by atoms with Crippen molar-refractivity contribution in [3.05, 3.63) is 139 Å². The Labute approximate surface area is 420 Å². The number of nitrogens with two attached hydrogens (primary N) is 1. The van der Waals surface area contributed by atoms with Gasteiger partial charge in [-0.15, -0.1) is 0 Å². The highest BCUT2D eigenvalue weighted by molar-refractivity contribution is 9.10. The first-order chi connectivity index (χ1) is 31.7. The van der Waals surface area contributed by atoms with Gasteiger partial charge in [0.05, 0.1) is 30.1 Å². The topological polar surface area (TPSA) is 269 Å². The lowest BCUT2D eigenvalue weighted by Crippen LogP contribution is -2.39. The molecule has 26 heteroatoms. The molecule has 5 rings (SSSR count). The first-order valence-corrected chi connectivity index (χ1v) is 21.2. The number of nitrogens with zero attached hydrogens (tertiary/aromatic N) is 7. The van der Waals surface area contributed by atoms with Crippen molar-refractivity contribution in [3.63, 3.8) is 0 Å². The summed E-state index contributed by atoms with van der Waals surface area (Å²) in [6.07, 6.45) is 3.51. The number of hydrogen-bond acceptors (Lipinski definition) is 17. The van der Waals surface area contributed by atoms with Crippen molar-refractivity contribution >= 4 is 103 Å². The second-order valence-corrected chi connectivity index (χ2v) is 14.8. The molecule has 4 N–H and O–H groups in total. The van der Waals surface area contributed by atoms with Crippen molar-refractivity contribution < 1.29 is 52.0 Å². The molecule has 3 aromatic carbocycles. The summed E-state index contributed by atoms with van der Waals surface area (Å²) in [6, 6.07) is 15.2. The van der Waals surface area contributed by atoms with E-state index in [1.54, 1.807) is 19.1 Å². The number of carbonyl (C=O) groups is 3. The number of carbonyl (C=O) groups excluding carboxylic acids is 3. The van der Waals surface area contributed by atoms with Crippen LogP contribution in [-0.4, -0.2) is 90.3 Å². The number of aromatic nitrogens is 4. The number of esters is 2. The molecule has 2 aromatic heterocycles. The number of alkyl halides is 1. The molecule has 3 unspecified atom stereocenters. The van der Waals surface area contributed by atoms with Gasteiger partial charge in [-0.25, -0.2) is 27.9 Å². The van der Waals surface area contributed by atoms with Gasteiger partial charge < -0.3 is 30.5 Å². The molecule has 0 fully saturated rings. The summed E-state index contributed by atoms with van der Waals surface area (Å²) in [7, 11) is 2.58. The largest absolute Gasteiger partial charge is 0.468 e. The molecule has 2 heterocycles. The van der Waals surface area contributed by atoms with Gasteiger partial charge in [-0.1, -0.05) is 63.2 Å². The van der Waals surface area contributed by atoms with Gasteiger partial charge >= 0.3 is 23.3 Å². The summed E-state index contributed by atoms with van der Waals surface area (Å²) in [5.41, 5.74) is 6.04. The zero-order chi connectivity index (χ0) is 50.8. The molecular formula is C43H52BrCl3F3N9O10. The number of benzene rings is 3. The van der Waals surface area contributed by atoms with E-state index < -0.39 is 46.0 Å². The van der Waals surface area contributed by atoms with Crippen LogP contribution >= 0.6 is 50.7 Å². The smallest absolute Gasteiger partial charge is 0.330 e. The Morgan fingerprint density at radius 1 is 0.754 bits per heavy atom. The number of nitro groups is 2. The third kappa shape index (κ3) is 23.1. The van der Waals surface area contributed by atoms with Crippen LogP contribution in [0, 0.1) is 37.7 Å². The third-order valence-electron chi connectivity index (χ3n) is 8.14. The van der Waals surface area contributed by atoms with E-state index in [-0.39, 0.29) is 76.7 Å². The Morgan fingerprint density at radius 2 is 1.20 bits per heavy atom. The first-order valence-electron chi connectivity index (χ1n) is 19.2. The van der Waals surface area contributed by atoms with Gasteiger partial charge in [0.1, 0.15) is 47.3 Å². The minimum Gasteiger partial charge on any atom is -0.468 e. The van der Waals surface area contributed by atoms with Crippen molar-refractivity contribution in [1.82, 2.24) is 19.9 Å². The Morgan fingerprint density at radius 3 is 1.58 bits per heavy atom. The van der Waals surface area contributed by atoms with E-state index in [4.69, 9.17) is 50.4 Å². The fourth-order valence-electron chi connectivity index (χ4n) is 4.78. The molecule has 0 saturated carbocycles. The van der Waals surface area contributed by atoms with Crippen LogP contribution in [0.2, 0.25) is 15.7 Å². The van der Waals surface area contributed by atoms with E-state index in [2.05, 4.69) is 45.9 Å². The predicted octanol–water partition coefficient (Wildman–Crippen LogP) is 10.5. The van der Waals surface area contributed by atoms with Crippen LogP contribution in [0.4, 0.5) is 47.4 Å². The molecule has 0 spiro atoms. The van der Waals surface area contributed by atoms with Gasteiger partial charge in [0, 0.05) is 17.1 Å².